The smallest absolute Gasteiger partial charge is 0.337 e. The maximum Gasteiger partial charge on any atom is 0.337 e. The van der Waals surface area contributed by atoms with Crippen molar-refractivity contribution >= 4 is 17.3 Å². The van der Waals surface area contributed by atoms with E-state index in [2.05, 4.69) is 4.98 Å². The van der Waals surface area contributed by atoms with Crippen LogP contribution in [0.1, 0.15) is 23.0 Å². The lowest BCUT2D eigenvalue weighted by Gasteiger charge is -2.05. The van der Waals surface area contributed by atoms with Crippen molar-refractivity contribution in [2.75, 3.05) is 0 Å². The molecule has 1 N–H and O–H groups in total. The third-order valence-corrected chi connectivity index (χ3v) is 3.04. The molecule has 0 radical (unpaired) electrons. The van der Waals surface area contributed by atoms with E-state index in [0.717, 1.165) is 11.3 Å². The molecule has 0 fully saturated rings. The maximum absolute atomic E-state index is 10.9. The number of aromatic carboxylic acids is 1. The molecule has 3 nitrogen and oxygen atoms in total. The van der Waals surface area contributed by atoms with Crippen molar-refractivity contribution in [1.82, 2.24) is 4.98 Å². The molecule has 2 rings (SSSR count). The minimum absolute atomic E-state index is 0.293. The summed E-state index contributed by atoms with van der Waals surface area (Å²) >= 11 is 1.60. The highest BCUT2D eigenvalue weighted by atomic mass is 32.1. The van der Waals surface area contributed by atoms with Gasteiger partial charge in [0, 0.05) is 10.9 Å². The largest absolute Gasteiger partial charge is 0.478 e. The third-order valence-electron chi connectivity index (χ3n) is 2.36. The number of carbonyl (C=O) groups is 1. The van der Waals surface area contributed by atoms with Gasteiger partial charge in [0.05, 0.1) is 17.0 Å². The quantitative estimate of drug-likeness (QED) is 0.886. The number of pyridine rings is 1. The van der Waals surface area contributed by atoms with Crippen molar-refractivity contribution in [3.05, 3.63) is 40.2 Å². The molecule has 16 heavy (non-hydrogen) atoms. The number of thiophene rings is 1. The topological polar surface area (TPSA) is 50.2 Å². The summed E-state index contributed by atoms with van der Waals surface area (Å²) in [6, 6.07) is 5.36. The van der Waals surface area contributed by atoms with Crippen molar-refractivity contribution in [3.63, 3.8) is 0 Å². The van der Waals surface area contributed by atoms with E-state index >= 15 is 0 Å². The Morgan fingerprint density at radius 2 is 2.25 bits per heavy atom. The van der Waals surface area contributed by atoms with Crippen LogP contribution in [0.2, 0.25) is 0 Å². The van der Waals surface area contributed by atoms with E-state index in [0.29, 0.717) is 17.7 Å². The van der Waals surface area contributed by atoms with Crippen molar-refractivity contribution < 1.29 is 9.90 Å². The maximum atomic E-state index is 10.9. The molecular weight excluding hydrogens is 222 g/mol. The van der Waals surface area contributed by atoms with Crippen LogP contribution in [-0.4, -0.2) is 16.1 Å². The van der Waals surface area contributed by atoms with Crippen LogP contribution in [-0.2, 0) is 6.42 Å². The molecule has 2 aromatic rings. The van der Waals surface area contributed by atoms with Gasteiger partial charge in [-0.05, 0) is 30.0 Å². The number of nitrogens with zero attached hydrogens (tertiary/aromatic N) is 1. The average Bonchev–Trinajstić information content (AvgIpc) is 2.81. The van der Waals surface area contributed by atoms with E-state index in [1.807, 2.05) is 23.8 Å². The summed E-state index contributed by atoms with van der Waals surface area (Å²) in [5.41, 5.74) is 2.80. The van der Waals surface area contributed by atoms with E-state index < -0.39 is 5.97 Å². The summed E-state index contributed by atoms with van der Waals surface area (Å²) in [5, 5.41) is 13.0. The highest BCUT2D eigenvalue weighted by Crippen LogP contribution is 2.21. The number of carboxylic acids is 1. The molecule has 0 amide bonds. The molecule has 0 aliphatic carbocycles. The Morgan fingerprint density at radius 1 is 1.44 bits per heavy atom. The molecule has 0 atom stereocenters. The monoisotopic (exact) mass is 233 g/mol. The van der Waals surface area contributed by atoms with Gasteiger partial charge in [-0.1, -0.05) is 6.92 Å². The second-order valence-electron chi connectivity index (χ2n) is 3.36. The Hall–Kier alpha value is -1.68. The Bertz CT molecular complexity index is 506. The zero-order chi connectivity index (χ0) is 11.5. The number of hydrogen-bond acceptors (Lipinski definition) is 3. The minimum Gasteiger partial charge on any atom is -0.478 e. The van der Waals surface area contributed by atoms with Gasteiger partial charge in [0.25, 0.3) is 0 Å². The Labute approximate surface area is 97.4 Å². The summed E-state index contributed by atoms with van der Waals surface area (Å²) in [7, 11) is 0. The molecule has 2 aromatic heterocycles. The lowest BCUT2D eigenvalue weighted by molar-refractivity contribution is 0.0695. The average molecular weight is 233 g/mol. The Morgan fingerprint density at radius 3 is 2.81 bits per heavy atom. The molecule has 0 bridgehead atoms. The van der Waals surface area contributed by atoms with Gasteiger partial charge in [-0.3, -0.25) is 4.98 Å². The van der Waals surface area contributed by atoms with Crippen molar-refractivity contribution in [2.45, 2.75) is 13.3 Å². The van der Waals surface area contributed by atoms with Crippen molar-refractivity contribution in [3.8, 4) is 11.3 Å². The fraction of sp³-hybridized carbons (Fsp3) is 0.167. The van der Waals surface area contributed by atoms with Gasteiger partial charge in [0.2, 0.25) is 0 Å². The number of hydrogen-bond donors (Lipinski definition) is 1. The number of rotatable bonds is 3. The van der Waals surface area contributed by atoms with E-state index in [1.165, 1.54) is 0 Å². The van der Waals surface area contributed by atoms with Gasteiger partial charge in [-0.2, -0.15) is 11.3 Å². The molecule has 0 aliphatic rings. The Balaban J connectivity index is 2.49. The molecular formula is C12H11NO2S. The van der Waals surface area contributed by atoms with Crippen LogP contribution in [0, 0.1) is 0 Å². The van der Waals surface area contributed by atoms with Gasteiger partial charge >= 0.3 is 5.97 Å². The van der Waals surface area contributed by atoms with E-state index in [4.69, 9.17) is 5.11 Å². The normalized spacial score (nSPS) is 10.3. The fourth-order valence-electron chi connectivity index (χ4n) is 1.54. The summed E-state index contributed by atoms with van der Waals surface area (Å²) in [5.74, 6) is -0.916. The van der Waals surface area contributed by atoms with E-state index in [1.54, 1.807) is 23.5 Å². The summed E-state index contributed by atoms with van der Waals surface area (Å²) in [6.45, 7) is 1.91. The number of aryl methyl sites for hydroxylation is 1. The van der Waals surface area contributed by atoms with Gasteiger partial charge < -0.3 is 5.11 Å². The predicted molar refractivity (Wildman–Crippen MR) is 63.9 cm³/mol. The minimum atomic E-state index is -0.916. The first-order valence-electron chi connectivity index (χ1n) is 4.98. The van der Waals surface area contributed by atoms with Crippen LogP contribution in [0.3, 0.4) is 0 Å². The first-order chi connectivity index (χ1) is 7.72. The zero-order valence-corrected chi connectivity index (χ0v) is 9.62. The second-order valence-corrected chi connectivity index (χ2v) is 4.14. The molecule has 4 heteroatoms. The van der Waals surface area contributed by atoms with Gasteiger partial charge in [0.1, 0.15) is 0 Å². The lowest BCUT2D eigenvalue weighted by atomic mass is 10.1. The highest BCUT2D eigenvalue weighted by molar-refractivity contribution is 7.08. The lowest BCUT2D eigenvalue weighted by Crippen LogP contribution is -2.04. The molecule has 0 saturated heterocycles. The SMILES string of the molecule is CCc1nc(-c2ccsc2)ccc1C(=O)O. The van der Waals surface area contributed by atoms with Crippen LogP contribution in [0.15, 0.2) is 29.0 Å². The molecule has 0 unspecified atom stereocenters. The Kier molecular flexibility index (Phi) is 3.01. The van der Waals surface area contributed by atoms with Gasteiger partial charge in [0.15, 0.2) is 0 Å². The summed E-state index contributed by atoms with van der Waals surface area (Å²) in [6.07, 6.45) is 0.625. The van der Waals surface area contributed by atoms with Crippen LogP contribution < -0.4 is 0 Å². The van der Waals surface area contributed by atoms with Crippen LogP contribution >= 0.6 is 11.3 Å². The first-order valence-corrected chi connectivity index (χ1v) is 5.92. The fourth-order valence-corrected chi connectivity index (χ4v) is 2.19. The molecule has 0 aliphatic heterocycles. The molecule has 0 aromatic carbocycles. The summed E-state index contributed by atoms with van der Waals surface area (Å²) < 4.78 is 0. The van der Waals surface area contributed by atoms with Crippen LogP contribution in [0.5, 0.6) is 0 Å². The molecule has 2 heterocycles. The molecule has 0 saturated carbocycles. The van der Waals surface area contributed by atoms with Gasteiger partial charge in [-0.25, -0.2) is 4.79 Å². The number of carboxylic acid groups (broad SMARTS) is 1. The van der Waals surface area contributed by atoms with E-state index in [9.17, 15) is 4.79 Å². The molecule has 82 valence electrons. The second kappa shape index (κ2) is 4.45. The standard InChI is InChI=1S/C12H11NO2S/c1-2-10-9(12(14)15)3-4-11(13-10)8-5-6-16-7-8/h3-7H,2H2,1H3,(H,14,15). The van der Waals surface area contributed by atoms with Crippen LogP contribution in [0.25, 0.3) is 11.3 Å². The van der Waals surface area contributed by atoms with Crippen LogP contribution in [0.4, 0.5) is 0 Å². The summed E-state index contributed by atoms with van der Waals surface area (Å²) in [4.78, 5) is 15.3. The number of aromatic nitrogens is 1. The predicted octanol–water partition coefficient (Wildman–Crippen LogP) is 3.07. The zero-order valence-electron chi connectivity index (χ0n) is 8.80. The highest BCUT2D eigenvalue weighted by Gasteiger charge is 2.11. The van der Waals surface area contributed by atoms with Crippen molar-refractivity contribution in [2.24, 2.45) is 0 Å². The first kappa shape index (κ1) is 10.8. The van der Waals surface area contributed by atoms with Gasteiger partial charge in [-0.15, -0.1) is 0 Å². The van der Waals surface area contributed by atoms with Crippen molar-refractivity contribution in [1.29, 1.82) is 0 Å². The van der Waals surface area contributed by atoms with E-state index in [-0.39, 0.29) is 0 Å². The third kappa shape index (κ3) is 1.97. The molecule has 0 spiro atoms.